The Morgan fingerprint density at radius 1 is 1.35 bits per heavy atom. The van der Waals surface area contributed by atoms with Crippen LogP contribution in [0, 0.1) is 0 Å². The van der Waals surface area contributed by atoms with Crippen LogP contribution in [0.15, 0.2) is 41.0 Å². The number of benzene rings is 1. The lowest BCUT2D eigenvalue weighted by Gasteiger charge is -2.24. The number of aromatic nitrogens is 1. The van der Waals surface area contributed by atoms with Crippen molar-refractivity contribution in [3.63, 3.8) is 0 Å². The number of hydrazine groups is 1. The third-order valence-corrected chi connectivity index (χ3v) is 5.21. The quantitative estimate of drug-likeness (QED) is 0.653. The Balaban J connectivity index is 2.02. The largest absolute Gasteiger partial charge is 0.271 e. The summed E-state index contributed by atoms with van der Waals surface area (Å²) in [5.41, 5.74) is 6.37. The van der Waals surface area contributed by atoms with Crippen LogP contribution in [0.25, 0.3) is 0 Å². The van der Waals surface area contributed by atoms with Gasteiger partial charge in [-0.15, -0.1) is 0 Å². The summed E-state index contributed by atoms with van der Waals surface area (Å²) >= 11 is 9.88. The minimum Gasteiger partial charge on any atom is -0.271 e. The molecule has 0 radical (unpaired) electrons. The third-order valence-electron chi connectivity index (χ3n) is 3.90. The van der Waals surface area contributed by atoms with E-state index in [1.54, 1.807) is 0 Å². The topological polar surface area (TPSA) is 50.9 Å². The summed E-state index contributed by atoms with van der Waals surface area (Å²) in [6.45, 7) is 0. The number of pyridine rings is 1. The first-order valence-corrected chi connectivity index (χ1v) is 7.73. The lowest BCUT2D eigenvalue weighted by atomic mass is 9.91. The zero-order chi connectivity index (χ0) is 14.1. The van der Waals surface area contributed by atoms with Gasteiger partial charge >= 0.3 is 0 Å². The Morgan fingerprint density at radius 2 is 2.20 bits per heavy atom. The minimum atomic E-state index is -0.0313. The van der Waals surface area contributed by atoms with Crippen LogP contribution in [-0.2, 0) is 6.42 Å². The molecule has 1 heterocycles. The lowest BCUT2D eigenvalue weighted by Crippen LogP contribution is -2.32. The van der Waals surface area contributed by atoms with Crippen molar-refractivity contribution in [3.05, 3.63) is 62.8 Å². The lowest BCUT2D eigenvalue weighted by molar-refractivity contribution is 0.447. The monoisotopic (exact) mass is 351 g/mol. The third kappa shape index (κ3) is 2.37. The van der Waals surface area contributed by atoms with Crippen LogP contribution < -0.4 is 11.3 Å². The second-order valence-electron chi connectivity index (χ2n) is 4.98. The number of nitrogens with two attached hydrogens (primary N) is 1. The average molecular weight is 353 g/mol. The van der Waals surface area contributed by atoms with Crippen LogP contribution in [0.3, 0.4) is 0 Å². The molecular formula is C15H15BrClN3. The van der Waals surface area contributed by atoms with Crippen molar-refractivity contribution in [1.29, 1.82) is 0 Å². The van der Waals surface area contributed by atoms with Gasteiger partial charge < -0.3 is 0 Å². The maximum atomic E-state index is 6.41. The van der Waals surface area contributed by atoms with Crippen molar-refractivity contribution in [2.45, 2.75) is 24.8 Å². The minimum absolute atomic E-state index is 0.0313. The first kappa shape index (κ1) is 14.0. The molecule has 1 aromatic heterocycles. The molecule has 20 heavy (non-hydrogen) atoms. The van der Waals surface area contributed by atoms with Gasteiger partial charge in [0.1, 0.15) is 0 Å². The highest BCUT2D eigenvalue weighted by Gasteiger charge is 2.32. The van der Waals surface area contributed by atoms with E-state index in [1.807, 2.05) is 30.5 Å². The summed E-state index contributed by atoms with van der Waals surface area (Å²) in [4.78, 5) is 4.54. The van der Waals surface area contributed by atoms with E-state index < -0.39 is 0 Å². The van der Waals surface area contributed by atoms with Crippen LogP contribution in [0.4, 0.5) is 0 Å². The first-order valence-electron chi connectivity index (χ1n) is 6.56. The van der Waals surface area contributed by atoms with Crippen LogP contribution in [0.2, 0.25) is 5.02 Å². The molecule has 104 valence electrons. The number of nitrogens with one attached hydrogen (secondary N) is 1. The first-order chi connectivity index (χ1) is 9.72. The highest BCUT2D eigenvalue weighted by atomic mass is 79.9. The summed E-state index contributed by atoms with van der Waals surface area (Å²) in [5, 5.41) is 0.708. The second kappa shape index (κ2) is 5.82. The van der Waals surface area contributed by atoms with E-state index in [0.29, 0.717) is 5.02 Å². The Hall–Kier alpha value is -0.940. The maximum absolute atomic E-state index is 6.41. The van der Waals surface area contributed by atoms with Crippen LogP contribution >= 0.6 is 27.5 Å². The van der Waals surface area contributed by atoms with E-state index >= 15 is 0 Å². The molecule has 1 aromatic carbocycles. The number of nitrogens with zero attached hydrogens (tertiary/aromatic N) is 1. The van der Waals surface area contributed by atoms with Crippen molar-refractivity contribution in [2.75, 3.05) is 0 Å². The van der Waals surface area contributed by atoms with E-state index in [2.05, 4.69) is 32.4 Å². The van der Waals surface area contributed by atoms with Gasteiger partial charge in [0.25, 0.3) is 0 Å². The fourth-order valence-corrected chi connectivity index (χ4v) is 3.58. The molecule has 3 N–H and O–H groups in total. The van der Waals surface area contributed by atoms with Crippen LogP contribution in [0.5, 0.6) is 0 Å². The molecule has 0 amide bonds. The molecule has 0 saturated carbocycles. The normalized spacial score (nSPS) is 18.9. The Kier molecular flexibility index (Phi) is 4.08. The van der Waals surface area contributed by atoms with Gasteiger partial charge in [-0.3, -0.25) is 16.3 Å². The number of hydrogen-bond donors (Lipinski definition) is 2. The van der Waals surface area contributed by atoms with E-state index in [0.717, 1.165) is 28.6 Å². The molecule has 0 fully saturated rings. The molecule has 5 heteroatoms. The zero-order valence-electron chi connectivity index (χ0n) is 10.8. The molecule has 0 aliphatic heterocycles. The molecule has 2 aromatic rings. The van der Waals surface area contributed by atoms with Gasteiger partial charge in [-0.2, -0.15) is 0 Å². The van der Waals surface area contributed by atoms with Crippen LogP contribution in [0.1, 0.15) is 35.2 Å². The van der Waals surface area contributed by atoms with Crippen molar-refractivity contribution in [1.82, 2.24) is 10.4 Å². The van der Waals surface area contributed by atoms with Gasteiger partial charge in [-0.25, -0.2) is 0 Å². The molecule has 0 spiro atoms. The van der Waals surface area contributed by atoms with E-state index in [9.17, 15) is 0 Å². The van der Waals surface area contributed by atoms with Crippen molar-refractivity contribution in [3.8, 4) is 0 Å². The Morgan fingerprint density at radius 3 is 3.00 bits per heavy atom. The van der Waals surface area contributed by atoms with E-state index in [4.69, 9.17) is 17.4 Å². The SMILES string of the molecule is NNC(c1cccc(Br)c1Cl)C1CCc2cccnc21. The highest BCUT2D eigenvalue weighted by Crippen LogP contribution is 2.42. The molecule has 3 nitrogen and oxygen atoms in total. The second-order valence-corrected chi connectivity index (χ2v) is 6.21. The zero-order valence-corrected chi connectivity index (χ0v) is 13.2. The van der Waals surface area contributed by atoms with Gasteiger partial charge in [0.05, 0.1) is 11.1 Å². The molecule has 1 aliphatic rings. The molecule has 0 bridgehead atoms. The highest BCUT2D eigenvalue weighted by molar-refractivity contribution is 9.10. The molecule has 1 aliphatic carbocycles. The average Bonchev–Trinajstić information content (AvgIpc) is 2.88. The summed E-state index contributed by atoms with van der Waals surface area (Å²) in [6, 6.07) is 10.0. The molecular weight excluding hydrogens is 338 g/mol. The molecule has 3 rings (SSSR count). The van der Waals surface area contributed by atoms with Gasteiger partial charge in [-0.1, -0.05) is 29.8 Å². The van der Waals surface area contributed by atoms with Gasteiger partial charge in [0.2, 0.25) is 0 Å². The molecule has 2 unspecified atom stereocenters. The number of halogens is 2. The Bertz CT molecular complexity index is 632. The van der Waals surface area contributed by atoms with Gasteiger partial charge in [0.15, 0.2) is 0 Å². The van der Waals surface area contributed by atoms with Gasteiger partial charge in [0, 0.05) is 22.3 Å². The fraction of sp³-hybridized carbons (Fsp3) is 0.267. The van der Waals surface area contributed by atoms with E-state index in [1.165, 1.54) is 5.56 Å². The molecule has 0 saturated heterocycles. The standard InChI is InChI=1S/C15H15BrClN3/c16-12-5-1-4-10(13(12)17)15(20-18)11-7-6-9-3-2-8-19-14(9)11/h1-5,8,11,15,20H,6-7,18H2. The summed E-state index contributed by atoms with van der Waals surface area (Å²) in [7, 11) is 0. The maximum Gasteiger partial charge on any atom is 0.0596 e. The predicted octanol–water partition coefficient (Wildman–Crippen LogP) is 3.73. The van der Waals surface area contributed by atoms with Crippen LogP contribution in [-0.4, -0.2) is 4.98 Å². The van der Waals surface area contributed by atoms with Crippen molar-refractivity contribution < 1.29 is 0 Å². The number of hydrogen-bond acceptors (Lipinski definition) is 3. The van der Waals surface area contributed by atoms with E-state index in [-0.39, 0.29) is 12.0 Å². The van der Waals surface area contributed by atoms with Gasteiger partial charge in [-0.05, 0) is 52.0 Å². The molecule has 2 atom stereocenters. The number of fused-ring (bicyclic) bond motifs is 1. The van der Waals surface area contributed by atoms with Crippen molar-refractivity contribution in [2.24, 2.45) is 5.84 Å². The predicted molar refractivity (Wildman–Crippen MR) is 84.5 cm³/mol. The summed E-state index contributed by atoms with van der Waals surface area (Å²) in [5.74, 6) is 6.06. The fourth-order valence-electron chi connectivity index (χ4n) is 2.95. The summed E-state index contributed by atoms with van der Waals surface area (Å²) < 4.78 is 0.885. The number of aryl methyl sites for hydroxylation is 1. The number of rotatable bonds is 3. The summed E-state index contributed by atoms with van der Waals surface area (Å²) in [6.07, 6.45) is 3.91. The smallest absolute Gasteiger partial charge is 0.0596 e. The Labute approximate surface area is 131 Å². The van der Waals surface area contributed by atoms with Crippen molar-refractivity contribution >= 4 is 27.5 Å².